The highest BCUT2D eigenvalue weighted by atomic mass is 19.3. The van der Waals surface area contributed by atoms with Gasteiger partial charge in [0.25, 0.3) is 6.43 Å². The van der Waals surface area contributed by atoms with Gasteiger partial charge in [0.2, 0.25) is 0 Å². The first-order valence-corrected chi connectivity index (χ1v) is 6.31. The van der Waals surface area contributed by atoms with Gasteiger partial charge in [-0.3, -0.25) is 0 Å². The first-order chi connectivity index (χ1) is 9.08. The van der Waals surface area contributed by atoms with Crippen LogP contribution in [-0.4, -0.2) is 36.2 Å². The van der Waals surface area contributed by atoms with Gasteiger partial charge in [0.1, 0.15) is 24.1 Å². The first kappa shape index (κ1) is 13.9. The lowest BCUT2D eigenvalue weighted by molar-refractivity contribution is 0.0214. The van der Waals surface area contributed by atoms with E-state index in [0.29, 0.717) is 24.1 Å². The monoisotopic (exact) mass is 272 g/mol. The Morgan fingerprint density at radius 1 is 1.42 bits per heavy atom. The summed E-state index contributed by atoms with van der Waals surface area (Å²) in [6.07, 6.45) is -0.239. The molecule has 0 unspecified atom stereocenters. The van der Waals surface area contributed by atoms with Crippen LogP contribution in [-0.2, 0) is 4.74 Å². The molecule has 1 saturated carbocycles. The van der Waals surface area contributed by atoms with Crippen LogP contribution in [0, 0.1) is 6.92 Å². The van der Waals surface area contributed by atoms with Crippen molar-refractivity contribution in [1.29, 1.82) is 0 Å². The van der Waals surface area contributed by atoms with Crippen molar-refractivity contribution in [2.75, 3.05) is 30.8 Å². The van der Waals surface area contributed by atoms with Gasteiger partial charge in [0.15, 0.2) is 0 Å². The fourth-order valence-electron chi connectivity index (χ4n) is 1.66. The molecule has 19 heavy (non-hydrogen) atoms. The predicted octanol–water partition coefficient (Wildman–Crippen LogP) is 1.94. The fraction of sp³-hybridized carbons (Fsp3) is 0.667. The molecule has 2 rings (SSSR count). The lowest BCUT2D eigenvalue weighted by atomic mass is 10.3. The molecule has 0 aliphatic heterocycles. The molecule has 3 N–H and O–H groups in total. The second kappa shape index (κ2) is 6.10. The lowest BCUT2D eigenvalue weighted by Gasteiger charge is -2.12. The maximum Gasteiger partial charge on any atom is 0.261 e. The minimum absolute atomic E-state index is 0.201. The number of rotatable bonds is 7. The second-order valence-corrected chi connectivity index (χ2v) is 4.61. The largest absolute Gasteiger partial charge is 0.383 e. The summed E-state index contributed by atoms with van der Waals surface area (Å²) in [7, 11) is 0. The van der Waals surface area contributed by atoms with Crippen molar-refractivity contribution in [3.8, 4) is 0 Å². The third kappa shape index (κ3) is 3.99. The summed E-state index contributed by atoms with van der Waals surface area (Å²) in [4.78, 5) is 8.68. The van der Waals surface area contributed by atoms with Gasteiger partial charge in [-0.2, -0.15) is 0 Å². The fourth-order valence-corrected chi connectivity index (χ4v) is 1.66. The molecule has 5 nitrogen and oxygen atoms in total. The predicted molar refractivity (Wildman–Crippen MR) is 68.5 cm³/mol. The quantitative estimate of drug-likeness (QED) is 0.742. The highest BCUT2D eigenvalue weighted by molar-refractivity contribution is 5.55. The number of nitrogen functional groups attached to an aromatic ring is 1. The molecule has 0 bridgehead atoms. The number of nitrogens with zero attached hydrogens (tertiary/aromatic N) is 2. The molecule has 0 radical (unpaired) electrons. The summed E-state index contributed by atoms with van der Waals surface area (Å²) >= 11 is 0. The van der Waals surface area contributed by atoms with E-state index in [1.165, 1.54) is 0 Å². The smallest absolute Gasteiger partial charge is 0.261 e. The summed E-state index contributed by atoms with van der Waals surface area (Å²) in [6.45, 7) is 1.90. The number of anilines is 2. The average Bonchev–Trinajstić information content (AvgIpc) is 3.17. The van der Waals surface area contributed by atoms with E-state index < -0.39 is 13.0 Å². The van der Waals surface area contributed by atoms with E-state index in [1.807, 2.05) is 6.92 Å². The van der Waals surface area contributed by atoms with E-state index in [1.54, 1.807) is 0 Å². The topological polar surface area (TPSA) is 73.1 Å². The summed E-state index contributed by atoms with van der Waals surface area (Å²) in [5.41, 5.74) is 6.61. The van der Waals surface area contributed by atoms with Gasteiger partial charge in [-0.05, 0) is 19.8 Å². The van der Waals surface area contributed by atoms with Gasteiger partial charge in [-0.25, -0.2) is 18.7 Å². The number of nitrogens with one attached hydrogen (secondary N) is 1. The van der Waals surface area contributed by atoms with E-state index in [-0.39, 0.29) is 6.61 Å². The number of hydrogen-bond donors (Lipinski definition) is 2. The molecule has 1 fully saturated rings. The Balaban J connectivity index is 1.88. The molecule has 7 heteroatoms. The Morgan fingerprint density at radius 2 is 2.16 bits per heavy atom. The SMILES string of the molecule is Cc1c(N)nc(C2CC2)nc1NCCOCC(F)F. The van der Waals surface area contributed by atoms with Gasteiger partial charge < -0.3 is 15.8 Å². The van der Waals surface area contributed by atoms with Gasteiger partial charge in [0, 0.05) is 18.0 Å². The van der Waals surface area contributed by atoms with Gasteiger partial charge >= 0.3 is 0 Å². The highest BCUT2D eigenvalue weighted by Gasteiger charge is 2.27. The Bertz CT molecular complexity index is 438. The molecule has 0 aromatic carbocycles. The minimum atomic E-state index is -2.43. The molecule has 1 aromatic rings. The van der Waals surface area contributed by atoms with Crippen molar-refractivity contribution < 1.29 is 13.5 Å². The van der Waals surface area contributed by atoms with Gasteiger partial charge in [-0.15, -0.1) is 0 Å². The summed E-state index contributed by atoms with van der Waals surface area (Å²) in [5.74, 6) is 2.31. The average molecular weight is 272 g/mol. The molecule has 1 aliphatic carbocycles. The van der Waals surface area contributed by atoms with Crippen LogP contribution < -0.4 is 11.1 Å². The molecular formula is C12H18F2N4O. The molecule has 0 amide bonds. The number of aromatic nitrogens is 2. The van der Waals surface area contributed by atoms with Gasteiger partial charge in [0.05, 0.1) is 6.61 Å². The normalized spacial score (nSPS) is 14.9. The van der Waals surface area contributed by atoms with Crippen molar-refractivity contribution in [3.05, 3.63) is 11.4 Å². The molecule has 106 valence electrons. The van der Waals surface area contributed by atoms with Gasteiger partial charge in [-0.1, -0.05) is 0 Å². The molecule has 1 heterocycles. The number of halogens is 2. The van der Waals surface area contributed by atoms with Crippen molar-refractivity contribution in [2.24, 2.45) is 0 Å². The number of hydrogen-bond acceptors (Lipinski definition) is 5. The van der Waals surface area contributed by atoms with Crippen LogP contribution in [0.3, 0.4) is 0 Å². The third-order valence-corrected chi connectivity index (χ3v) is 2.93. The Hall–Kier alpha value is -1.50. The van der Waals surface area contributed by atoms with Crippen molar-refractivity contribution in [3.63, 3.8) is 0 Å². The molecule has 1 aromatic heterocycles. The van der Waals surface area contributed by atoms with Crippen LogP contribution in [0.1, 0.15) is 30.1 Å². The van der Waals surface area contributed by atoms with Crippen LogP contribution in [0.5, 0.6) is 0 Å². The van der Waals surface area contributed by atoms with E-state index >= 15 is 0 Å². The first-order valence-electron chi connectivity index (χ1n) is 6.31. The summed E-state index contributed by atoms with van der Waals surface area (Å²) in [6, 6.07) is 0. The summed E-state index contributed by atoms with van der Waals surface area (Å²) < 4.78 is 28.5. The lowest BCUT2D eigenvalue weighted by Crippen LogP contribution is -2.15. The van der Waals surface area contributed by atoms with Crippen LogP contribution in [0.4, 0.5) is 20.4 Å². The van der Waals surface area contributed by atoms with Crippen LogP contribution in [0.15, 0.2) is 0 Å². The van der Waals surface area contributed by atoms with Crippen LogP contribution >= 0.6 is 0 Å². The van der Waals surface area contributed by atoms with Crippen molar-refractivity contribution in [2.45, 2.75) is 32.1 Å². The molecule has 1 aliphatic rings. The zero-order valence-electron chi connectivity index (χ0n) is 10.8. The van der Waals surface area contributed by atoms with E-state index in [9.17, 15) is 8.78 Å². The minimum Gasteiger partial charge on any atom is -0.383 e. The Labute approximate surface area is 110 Å². The third-order valence-electron chi connectivity index (χ3n) is 2.93. The standard InChI is InChI=1S/C12H18F2N4O/c1-7-10(15)17-12(8-2-3-8)18-11(7)16-4-5-19-6-9(13)14/h8-9H,2-6H2,1H3,(H3,15,16,17,18). The maximum atomic E-state index is 11.9. The van der Waals surface area contributed by atoms with Crippen LogP contribution in [0.25, 0.3) is 0 Å². The number of nitrogens with two attached hydrogens (primary N) is 1. The van der Waals surface area contributed by atoms with E-state index in [4.69, 9.17) is 10.5 Å². The Kier molecular flexibility index (Phi) is 4.47. The van der Waals surface area contributed by atoms with Crippen molar-refractivity contribution >= 4 is 11.6 Å². The number of alkyl halides is 2. The van der Waals surface area contributed by atoms with Crippen molar-refractivity contribution in [1.82, 2.24) is 9.97 Å². The van der Waals surface area contributed by atoms with Crippen LogP contribution in [0.2, 0.25) is 0 Å². The maximum absolute atomic E-state index is 11.9. The molecule has 0 saturated heterocycles. The number of ether oxygens (including phenoxy) is 1. The Morgan fingerprint density at radius 3 is 2.79 bits per heavy atom. The molecule has 0 atom stereocenters. The molecule has 0 spiro atoms. The highest BCUT2D eigenvalue weighted by Crippen LogP contribution is 2.39. The zero-order valence-corrected chi connectivity index (χ0v) is 10.8. The summed E-state index contributed by atoms with van der Waals surface area (Å²) in [5, 5.41) is 3.05. The zero-order chi connectivity index (χ0) is 13.8. The van der Waals surface area contributed by atoms with E-state index in [0.717, 1.165) is 24.2 Å². The van der Waals surface area contributed by atoms with E-state index in [2.05, 4.69) is 15.3 Å². The second-order valence-electron chi connectivity index (χ2n) is 4.61. The molecular weight excluding hydrogens is 254 g/mol.